The summed E-state index contributed by atoms with van der Waals surface area (Å²) >= 11 is 0. The highest BCUT2D eigenvalue weighted by molar-refractivity contribution is 5.95. The third kappa shape index (κ3) is 1.19. The van der Waals surface area contributed by atoms with Gasteiger partial charge in [0.15, 0.2) is 0 Å². The van der Waals surface area contributed by atoms with Crippen LogP contribution < -0.4 is 0 Å². The number of carbonyl (C=O) groups is 1. The second kappa shape index (κ2) is 3.68. The number of nitriles is 1. The van der Waals surface area contributed by atoms with Gasteiger partial charge in [-0.3, -0.25) is 4.79 Å². The van der Waals surface area contributed by atoms with Gasteiger partial charge in [-0.1, -0.05) is 32.0 Å². The molecule has 4 bridgehead atoms. The highest BCUT2D eigenvalue weighted by Gasteiger charge is 2.78. The van der Waals surface area contributed by atoms with Gasteiger partial charge >= 0.3 is 0 Å². The Kier molecular flexibility index (Phi) is 2.26. The van der Waals surface area contributed by atoms with Crippen LogP contribution in [0.3, 0.4) is 0 Å². The number of benzene rings is 1. The van der Waals surface area contributed by atoms with Gasteiger partial charge in [0.1, 0.15) is 5.54 Å². The first-order chi connectivity index (χ1) is 9.98. The van der Waals surface area contributed by atoms with Crippen molar-refractivity contribution in [2.24, 2.45) is 16.7 Å². The topological polar surface area (TPSA) is 44.1 Å². The third-order valence-electron chi connectivity index (χ3n) is 7.01. The van der Waals surface area contributed by atoms with E-state index in [-0.39, 0.29) is 16.7 Å². The highest BCUT2D eigenvalue weighted by atomic mass is 16.2. The van der Waals surface area contributed by atoms with E-state index in [0.29, 0.717) is 11.5 Å². The summed E-state index contributed by atoms with van der Waals surface area (Å²) < 4.78 is 0. The standard InChI is InChI=1S/C18H20N2O/c1-16-12-20(15(21)13-6-4-3-5-7-13)18(11-19)10-14(16)8-9-17(16,18)2/h3-7,14H,8-10,12H2,1-2H3/t14-,16-,17+,18-/m0/s1. The van der Waals surface area contributed by atoms with Crippen LogP contribution in [0.5, 0.6) is 0 Å². The molecule has 2 aliphatic carbocycles. The molecule has 1 saturated heterocycles. The molecule has 1 amide bonds. The number of amides is 1. The fourth-order valence-corrected chi connectivity index (χ4v) is 5.49. The van der Waals surface area contributed by atoms with Gasteiger partial charge in [-0.2, -0.15) is 5.26 Å². The molecule has 3 fully saturated rings. The van der Waals surface area contributed by atoms with Crippen molar-refractivity contribution in [1.82, 2.24) is 4.90 Å². The van der Waals surface area contributed by atoms with Crippen LogP contribution in [-0.2, 0) is 0 Å². The largest absolute Gasteiger partial charge is 0.319 e. The normalized spacial score (nSPS) is 43.1. The van der Waals surface area contributed by atoms with E-state index in [1.165, 1.54) is 6.42 Å². The van der Waals surface area contributed by atoms with E-state index >= 15 is 0 Å². The number of carbonyl (C=O) groups excluding carboxylic acids is 1. The van der Waals surface area contributed by atoms with E-state index in [2.05, 4.69) is 19.9 Å². The molecule has 2 saturated carbocycles. The van der Waals surface area contributed by atoms with Crippen LogP contribution >= 0.6 is 0 Å². The lowest BCUT2D eigenvalue weighted by Crippen LogP contribution is -2.54. The van der Waals surface area contributed by atoms with E-state index < -0.39 is 5.54 Å². The lowest BCUT2D eigenvalue weighted by atomic mass is 9.66. The average molecular weight is 280 g/mol. The molecule has 1 heterocycles. The third-order valence-corrected chi connectivity index (χ3v) is 7.01. The maximum Gasteiger partial charge on any atom is 0.255 e. The Balaban J connectivity index is 1.80. The lowest BCUT2D eigenvalue weighted by Gasteiger charge is -2.43. The summed E-state index contributed by atoms with van der Waals surface area (Å²) in [7, 11) is 0. The molecular weight excluding hydrogens is 260 g/mol. The average Bonchev–Trinajstić information content (AvgIpc) is 2.96. The molecule has 1 aromatic carbocycles. The molecule has 0 unspecified atom stereocenters. The van der Waals surface area contributed by atoms with Crippen molar-refractivity contribution >= 4 is 5.91 Å². The smallest absolute Gasteiger partial charge is 0.255 e. The Bertz CT molecular complexity index is 664. The molecule has 3 heteroatoms. The van der Waals surface area contributed by atoms with Crippen molar-refractivity contribution in [1.29, 1.82) is 5.26 Å². The second-order valence-electron chi connectivity index (χ2n) is 7.42. The molecule has 0 aromatic heterocycles. The summed E-state index contributed by atoms with van der Waals surface area (Å²) in [5.74, 6) is 0.620. The summed E-state index contributed by atoms with van der Waals surface area (Å²) in [6.07, 6.45) is 3.14. The van der Waals surface area contributed by atoms with Gasteiger partial charge in [-0.25, -0.2) is 0 Å². The van der Waals surface area contributed by atoms with Crippen LogP contribution in [0.2, 0.25) is 0 Å². The van der Waals surface area contributed by atoms with Gasteiger partial charge in [-0.15, -0.1) is 0 Å². The molecule has 0 N–H and O–H groups in total. The van der Waals surface area contributed by atoms with E-state index in [1.54, 1.807) is 0 Å². The Morgan fingerprint density at radius 3 is 2.67 bits per heavy atom. The molecular formula is C18H20N2O. The van der Waals surface area contributed by atoms with E-state index in [0.717, 1.165) is 19.4 Å². The summed E-state index contributed by atoms with van der Waals surface area (Å²) in [6.45, 7) is 5.26. The van der Waals surface area contributed by atoms with Crippen molar-refractivity contribution in [3.63, 3.8) is 0 Å². The van der Waals surface area contributed by atoms with Gasteiger partial charge in [0.2, 0.25) is 0 Å². The first kappa shape index (κ1) is 12.9. The summed E-state index contributed by atoms with van der Waals surface area (Å²) in [5, 5.41) is 9.97. The fourth-order valence-electron chi connectivity index (χ4n) is 5.49. The van der Waals surface area contributed by atoms with Gasteiger partial charge in [-0.05, 0) is 42.7 Å². The maximum atomic E-state index is 12.9. The molecule has 21 heavy (non-hydrogen) atoms. The molecule has 3 aliphatic rings. The number of piperidine rings is 1. The van der Waals surface area contributed by atoms with Crippen LogP contribution in [-0.4, -0.2) is 22.9 Å². The summed E-state index contributed by atoms with van der Waals surface area (Å²) in [6, 6.07) is 12.0. The fraction of sp³-hybridized carbons (Fsp3) is 0.556. The number of likely N-dealkylation sites (tertiary alicyclic amines) is 1. The lowest BCUT2D eigenvalue weighted by molar-refractivity contribution is 0.0430. The predicted molar refractivity (Wildman–Crippen MR) is 79.4 cm³/mol. The van der Waals surface area contributed by atoms with Gasteiger partial charge in [0, 0.05) is 17.5 Å². The summed E-state index contributed by atoms with van der Waals surface area (Å²) in [4.78, 5) is 14.8. The van der Waals surface area contributed by atoms with E-state index in [1.807, 2.05) is 35.2 Å². The van der Waals surface area contributed by atoms with Gasteiger partial charge < -0.3 is 4.90 Å². The monoisotopic (exact) mass is 280 g/mol. The van der Waals surface area contributed by atoms with Crippen LogP contribution in [0, 0.1) is 28.1 Å². The van der Waals surface area contributed by atoms with E-state index in [9.17, 15) is 10.1 Å². The minimum absolute atomic E-state index is 0.0208. The first-order valence-corrected chi connectivity index (χ1v) is 7.77. The predicted octanol–water partition coefficient (Wildman–Crippen LogP) is 3.23. The number of rotatable bonds is 1. The zero-order valence-corrected chi connectivity index (χ0v) is 12.6. The van der Waals surface area contributed by atoms with Crippen LogP contribution in [0.1, 0.15) is 43.5 Å². The first-order valence-electron chi connectivity index (χ1n) is 7.77. The minimum atomic E-state index is -0.600. The zero-order chi connectivity index (χ0) is 14.9. The SMILES string of the molecule is C[C@]12CC[C@H]3C[C@@]1(C#N)N(C(=O)c1ccccc1)C[C@@]32C. The molecule has 4 atom stereocenters. The summed E-state index contributed by atoms with van der Waals surface area (Å²) in [5.41, 5.74) is 0.150. The number of nitrogens with zero attached hydrogens (tertiary/aromatic N) is 2. The number of hydrogen-bond acceptors (Lipinski definition) is 2. The van der Waals surface area contributed by atoms with Gasteiger partial charge in [0.05, 0.1) is 6.07 Å². The Hall–Kier alpha value is -1.82. The Morgan fingerprint density at radius 2 is 2.05 bits per heavy atom. The molecule has 3 nitrogen and oxygen atoms in total. The molecule has 4 rings (SSSR count). The zero-order valence-electron chi connectivity index (χ0n) is 12.6. The molecule has 0 radical (unpaired) electrons. The molecule has 1 aromatic rings. The highest BCUT2D eigenvalue weighted by Crippen LogP contribution is 2.75. The van der Waals surface area contributed by atoms with Crippen molar-refractivity contribution < 1.29 is 4.79 Å². The minimum Gasteiger partial charge on any atom is -0.319 e. The van der Waals surface area contributed by atoms with Crippen LogP contribution in [0.4, 0.5) is 0 Å². The van der Waals surface area contributed by atoms with Crippen molar-refractivity contribution in [3.8, 4) is 6.07 Å². The van der Waals surface area contributed by atoms with Gasteiger partial charge in [0.25, 0.3) is 5.91 Å². The van der Waals surface area contributed by atoms with Crippen LogP contribution in [0.25, 0.3) is 0 Å². The van der Waals surface area contributed by atoms with Crippen molar-refractivity contribution in [3.05, 3.63) is 35.9 Å². The Labute approximate surface area is 125 Å². The van der Waals surface area contributed by atoms with Crippen molar-refractivity contribution in [2.45, 2.75) is 38.6 Å². The Morgan fingerprint density at radius 1 is 1.33 bits per heavy atom. The number of hydrogen-bond donors (Lipinski definition) is 0. The second-order valence-corrected chi connectivity index (χ2v) is 7.42. The van der Waals surface area contributed by atoms with Crippen LogP contribution in [0.15, 0.2) is 30.3 Å². The van der Waals surface area contributed by atoms with Crippen molar-refractivity contribution in [2.75, 3.05) is 6.54 Å². The van der Waals surface area contributed by atoms with E-state index in [4.69, 9.17) is 0 Å². The molecule has 0 spiro atoms. The maximum absolute atomic E-state index is 12.9. The molecule has 1 aliphatic heterocycles. The molecule has 108 valence electrons. The quantitative estimate of drug-likeness (QED) is 0.792.